The highest BCUT2D eigenvalue weighted by molar-refractivity contribution is 9.10. The fourth-order valence-corrected chi connectivity index (χ4v) is 3.06. The fourth-order valence-electron chi connectivity index (χ4n) is 1.50. The Balaban J connectivity index is 2.35. The molecule has 0 spiro atoms. The third kappa shape index (κ3) is 2.66. The minimum atomic E-state index is -0.129. The highest BCUT2D eigenvalue weighted by Crippen LogP contribution is 2.27. The second-order valence-electron chi connectivity index (χ2n) is 3.48. The van der Waals surface area contributed by atoms with E-state index in [0.29, 0.717) is 33.2 Å². The molecule has 0 saturated heterocycles. The van der Waals surface area contributed by atoms with E-state index >= 15 is 0 Å². The highest BCUT2D eigenvalue weighted by Gasteiger charge is 2.21. The Morgan fingerprint density at radius 1 is 1.67 bits per heavy atom. The molecule has 96 valence electrons. The van der Waals surface area contributed by atoms with Gasteiger partial charge in [0.2, 0.25) is 5.78 Å². The quantitative estimate of drug-likeness (QED) is 0.778. The molecule has 0 aliphatic rings. The molecule has 0 fully saturated rings. The summed E-state index contributed by atoms with van der Waals surface area (Å²) in [4.78, 5) is 12.9. The summed E-state index contributed by atoms with van der Waals surface area (Å²) in [6, 6.07) is 1.71. The molecule has 0 aliphatic carbocycles. The Morgan fingerprint density at radius 3 is 3.06 bits per heavy atom. The van der Waals surface area contributed by atoms with Crippen LogP contribution in [0.2, 0.25) is 5.02 Å². The fraction of sp³-hybridized carbons (Fsp3) is 0.273. The van der Waals surface area contributed by atoms with Crippen molar-refractivity contribution in [2.75, 3.05) is 13.7 Å². The van der Waals surface area contributed by atoms with Crippen molar-refractivity contribution >= 4 is 44.7 Å². The van der Waals surface area contributed by atoms with Gasteiger partial charge in [-0.1, -0.05) is 11.6 Å². The topological polar surface area (TPSA) is 44.1 Å². The number of thiophene rings is 1. The molecule has 0 aliphatic heterocycles. The van der Waals surface area contributed by atoms with Gasteiger partial charge in [0, 0.05) is 7.11 Å². The van der Waals surface area contributed by atoms with Gasteiger partial charge in [0.15, 0.2) is 0 Å². The van der Waals surface area contributed by atoms with Crippen molar-refractivity contribution < 1.29 is 9.53 Å². The Hall–Kier alpha value is -0.690. The Morgan fingerprint density at radius 2 is 2.44 bits per heavy atom. The summed E-state index contributed by atoms with van der Waals surface area (Å²) >= 11 is 10.6. The molecule has 0 unspecified atom stereocenters. The van der Waals surface area contributed by atoms with E-state index < -0.39 is 0 Å². The molecule has 4 nitrogen and oxygen atoms in total. The Bertz CT molecular complexity index is 567. The van der Waals surface area contributed by atoms with Crippen molar-refractivity contribution in [2.24, 2.45) is 0 Å². The molecule has 0 aromatic carbocycles. The lowest BCUT2D eigenvalue weighted by atomic mass is 10.2. The molecular formula is C11H10BrClN2O2S. The molecule has 18 heavy (non-hydrogen) atoms. The third-order valence-electron chi connectivity index (χ3n) is 2.34. The minimum absolute atomic E-state index is 0.129. The van der Waals surface area contributed by atoms with Gasteiger partial charge in [-0.15, -0.1) is 11.3 Å². The molecule has 0 atom stereocenters. The summed E-state index contributed by atoms with van der Waals surface area (Å²) in [5.41, 5.74) is 0.497. The molecular weight excluding hydrogens is 340 g/mol. The number of ether oxygens (including phenoxy) is 1. The van der Waals surface area contributed by atoms with E-state index in [1.807, 2.05) is 0 Å². The molecule has 0 radical (unpaired) electrons. The molecule has 0 bridgehead atoms. The second kappa shape index (κ2) is 5.97. The Labute approximate surface area is 122 Å². The van der Waals surface area contributed by atoms with Crippen LogP contribution < -0.4 is 0 Å². The first-order chi connectivity index (χ1) is 8.65. The van der Waals surface area contributed by atoms with Gasteiger partial charge in [-0.3, -0.25) is 9.48 Å². The number of rotatable bonds is 5. The van der Waals surface area contributed by atoms with Crippen molar-refractivity contribution in [1.82, 2.24) is 9.78 Å². The number of methoxy groups -OCH3 is 1. The van der Waals surface area contributed by atoms with E-state index in [4.69, 9.17) is 16.3 Å². The van der Waals surface area contributed by atoms with Crippen LogP contribution in [0.4, 0.5) is 0 Å². The van der Waals surface area contributed by atoms with Crippen LogP contribution in [0.15, 0.2) is 22.1 Å². The normalized spacial score (nSPS) is 10.8. The van der Waals surface area contributed by atoms with Crippen molar-refractivity contribution in [1.29, 1.82) is 0 Å². The summed E-state index contributed by atoms with van der Waals surface area (Å²) in [6.45, 7) is 1.01. The lowest BCUT2D eigenvalue weighted by Gasteiger charge is -2.06. The number of hydrogen-bond donors (Lipinski definition) is 0. The van der Waals surface area contributed by atoms with Crippen LogP contribution in [0, 0.1) is 0 Å². The predicted molar refractivity (Wildman–Crippen MR) is 74.6 cm³/mol. The zero-order valence-corrected chi connectivity index (χ0v) is 12.7. The molecule has 2 aromatic rings. The van der Waals surface area contributed by atoms with E-state index in [-0.39, 0.29) is 5.78 Å². The smallest absolute Gasteiger partial charge is 0.223 e. The molecule has 0 saturated carbocycles. The van der Waals surface area contributed by atoms with Crippen LogP contribution in [0.25, 0.3) is 0 Å². The van der Waals surface area contributed by atoms with E-state index in [1.54, 1.807) is 29.4 Å². The zero-order valence-electron chi connectivity index (χ0n) is 9.52. The average Bonchev–Trinajstić information content (AvgIpc) is 2.92. The number of ketones is 1. The predicted octanol–water partition coefficient (Wildman–Crippen LogP) is 3.24. The highest BCUT2D eigenvalue weighted by atomic mass is 79.9. The standard InChI is InChI=1S/C11H10BrClN2O2S/c1-17-4-3-15-9(7(12)6-14-15)10(16)11-8(13)2-5-18-11/h2,5-6H,3-4H2,1H3. The number of aromatic nitrogens is 2. The van der Waals surface area contributed by atoms with E-state index in [1.165, 1.54) is 11.3 Å². The van der Waals surface area contributed by atoms with Gasteiger partial charge in [0.1, 0.15) is 5.69 Å². The second-order valence-corrected chi connectivity index (χ2v) is 5.66. The van der Waals surface area contributed by atoms with E-state index in [2.05, 4.69) is 21.0 Å². The summed E-state index contributed by atoms with van der Waals surface area (Å²) in [5, 5.41) is 6.40. The summed E-state index contributed by atoms with van der Waals surface area (Å²) in [5.74, 6) is -0.129. The SMILES string of the molecule is COCCn1ncc(Br)c1C(=O)c1sccc1Cl. The minimum Gasteiger partial charge on any atom is -0.383 e. The first-order valence-electron chi connectivity index (χ1n) is 5.13. The van der Waals surface area contributed by atoms with E-state index in [9.17, 15) is 4.79 Å². The Kier molecular flexibility index (Phi) is 4.55. The number of hydrogen-bond acceptors (Lipinski definition) is 4. The van der Waals surface area contributed by atoms with Crippen LogP contribution in [0.1, 0.15) is 15.4 Å². The maximum Gasteiger partial charge on any atom is 0.223 e. The van der Waals surface area contributed by atoms with Crippen LogP contribution in [-0.4, -0.2) is 29.3 Å². The van der Waals surface area contributed by atoms with Gasteiger partial charge < -0.3 is 4.74 Å². The largest absolute Gasteiger partial charge is 0.383 e. The molecule has 2 heterocycles. The van der Waals surface area contributed by atoms with Gasteiger partial charge >= 0.3 is 0 Å². The summed E-state index contributed by atoms with van der Waals surface area (Å²) in [7, 11) is 1.61. The lowest BCUT2D eigenvalue weighted by molar-refractivity contribution is 0.102. The van der Waals surface area contributed by atoms with Crippen LogP contribution in [0.5, 0.6) is 0 Å². The van der Waals surface area contributed by atoms with Gasteiger partial charge in [-0.25, -0.2) is 0 Å². The number of carbonyl (C=O) groups is 1. The van der Waals surface area contributed by atoms with Crippen LogP contribution in [0.3, 0.4) is 0 Å². The van der Waals surface area contributed by atoms with Gasteiger partial charge in [0.25, 0.3) is 0 Å². The molecule has 0 N–H and O–H groups in total. The number of halogens is 2. The molecule has 7 heteroatoms. The number of nitrogens with zero attached hydrogens (tertiary/aromatic N) is 2. The van der Waals surface area contributed by atoms with Crippen LogP contribution >= 0.6 is 38.9 Å². The van der Waals surface area contributed by atoms with E-state index in [0.717, 1.165) is 0 Å². The number of carbonyl (C=O) groups excluding carboxylic acids is 1. The molecule has 0 amide bonds. The summed E-state index contributed by atoms with van der Waals surface area (Å²) in [6.07, 6.45) is 1.60. The maximum atomic E-state index is 12.4. The third-order valence-corrected chi connectivity index (χ3v) is 4.26. The van der Waals surface area contributed by atoms with Crippen molar-refractivity contribution in [2.45, 2.75) is 6.54 Å². The summed E-state index contributed by atoms with van der Waals surface area (Å²) < 4.78 is 7.27. The van der Waals surface area contributed by atoms with Gasteiger partial charge in [-0.05, 0) is 27.4 Å². The van der Waals surface area contributed by atoms with Gasteiger partial charge in [-0.2, -0.15) is 5.10 Å². The van der Waals surface area contributed by atoms with Crippen molar-refractivity contribution in [3.05, 3.63) is 37.7 Å². The first-order valence-corrected chi connectivity index (χ1v) is 7.18. The van der Waals surface area contributed by atoms with Crippen molar-refractivity contribution in [3.8, 4) is 0 Å². The van der Waals surface area contributed by atoms with Crippen LogP contribution in [-0.2, 0) is 11.3 Å². The van der Waals surface area contributed by atoms with Crippen molar-refractivity contribution in [3.63, 3.8) is 0 Å². The molecule has 2 aromatic heterocycles. The zero-order chi connectivity index (χ0) is 13.1. The lowest BCUT2D eigenvalue weighted by Crippen LogP contribution is -2.14. The average molecular weight is 350 g/mol. The first kappa shape index (κ1) is 13.7. The monoisotopic (exact) mass is 348 g/mol. The van der Waals surface area contributed by atoms with Gasteiger partial charge in [0.05, 0.1) is 33.7 Å². The molecule has 2 rings (SSSR count). The maximum absolute atomic E-state index is 12.4.